The molecule has 0 bridgehead atoms. The zero-order valence-corrected chi connectivity index (χ0v) is 18.3. The number of rotatable bonds is 7. The second-order valence-electron chi connectivity index (χ2n) is 7.75. The van der Waals surface area contributed by atoms with Crippen LogP contribution in [0.2, 0.25) is 0 Å². The first kappa shape index (κ1) is 22.1. The van der Waals surface area contributed by atoms with Gasteiger partial charge in [-0.05, 0) is 36.8 Å². The van der Waals surface area contributed by atoms with Crippen LogP contribution in [0.25, 0.3) is 0 Å². The number of carbonyl (C=O) groups is 3. The van der Waals surface area contributed by atoms with Crippen molar-refractivity contribution in [1.82, 2.24) is 5.32 Å². The van der Waals surface area contributed by atoms with Gasteiger partial charge < -0.3 is 20.3 Å². The number of hydrogen-bond donors (Lipinski definition) is 2. The number of amides is 3. The Labute approximate surface area is 192 Å². The lowest BCUT2D eigenvalue weighted by Gasteiger charge is -2.29. The molecular formula is C26H25N3O4. The largest absolute Gasteiger partial charge is 0.482 e. The summed E-state index contributed by atoms with van der Waals surface area (Å²) in [6.45, 7) is 2.07. The normalized spacial score (nSPS) is 13.5. The first-order valence-electron chi connectivity index (χ1n) is 10.8. The van der Waals surface area contributed by atoms with Gasteiger partial charge in [0.2, 0.25) is 5.91 Å². The van der Waals surface area contributed by atoms with E-state index in [0.717, 1.165) is 5.56 Å². The molecule has 3 amide bonds. The van der Waals surface area contributed by atoms with Crippen molar-refractivity contribution in [1.29, 1.82) is 0 Å². The number of para-hydroxylation sites is 3. The number of carbonyl (C=O) groups excluding carboxylic acids is 3. The van der Waals surface area contributed by atoms with Crippen LogP contribution in [0.5, 0.6) is 5.75 Å². The van der Waals surface area contributed by atoms with E-state index in [0.29, 0.717) is 22.7 Å². The number of fused-ring (bicyclic) bond motifs is 1. The summed E-state index contributed by atoms with van der Waals surface area (Å²) in [5.74, 6) is -0.147. The van der Waals surface area contributed by atoms with Crippen LogP contribution in [0.1, 0.15) is 35.3 Å². The third-order valence-corrected chi connectivity index (χ3v) is 5.46. The molecule has 3 aromatic carbocycles. The highest BCUT2D eigenvalue weighted by Crippen LogP contribution is 2.31. The first-order valence-corrected chi connectivity index (χ1v) is 10.8. The van der Waals surface area contributed by atoms with E-state index in [1.54, 1.807) is 41.3 Å². The molecule has 1 aliphatic heterocycles. The molecule has 1 unspecified atom stereocenters. The molecular weight excluding hydrogens is 418 g/mol. The summed E-state index contributed by atoms with van der Waals surface area (Å²) in [6, 6.07) is 23.6. The molecule has 1 heterocycles. The van der Waals surface area contributed by atoms with Crippen LogP contribution in [-0.2, 0) is 9.59 Å². The van der Waals surface area contributed by atoms with Gasteiger partial charge in [0.25, 0.3) is 11.8 Å². The maximum Gasteiger partial charge on any atom is 0.265 e. The van der Waals surface area contributed by atoms with Crippen LogP contribution >= 0.6 is 0 Å². The van der Waals surface area contributed by atoms with Crippen molar-refractivity contribution in [3.8, 4) is 5.75 Å². The maximum absolute atomic E-state index is 12.9. The predicted octanol–water partition coefficient (Wildman–Crippen LogP) is 3.93. The fourth-order valence-electron chi connectivity index (χ4n) is 3.71. The number of anilines is 2. The van der Waals surface area contributed by atoms with Gasteiger partial charge >= 0.3 is 0 Å². The maximum atomic E-state index is 12.9. The van der Waals surface area contributed by atoms with Gasteiger partial charge in [0, 0.05) is 13.0 Å². The molecule has 7 nitrogen and oxygen atoms in total. The molecule has 1 aliphatic rings. The third-order valence-electron chi connectivity index (χ3n) is 5.46. The van der Waals surface area contributed by atoms with Crippen LogP contribution in [0.3, 0.4) is 0 Å². The van der Waals surface area contributed by atoms with E-state index in [1.807, 2.05) is 49.4 Å². The Balaban J connectivity index is 1.40. The van der Waals surface area contributed by atoms with E-state index in [2.05, 4.69) is 10.6 Å². The highest BCUT2D eigenvalue weighted by Gasteiger charge is 2.25. The quantitative estimate of drug-likeness (QED) is 0.579. The Morgan fingerprint density at radius 3 is 2.48 bits per heavy atom. The second-order valence-corrected chi connectivity index (χ2v) is 7.75. The number of nitrogens with zero attached hydrogens (tertiary/aromatic N) is 1. The minimum Gasteiger partial charge on any atom is -0.482 e. The average Bonchev–Trinajstić information content (AvgIpc) is 2.84. The zero-order valence-electron chi connectivity index (χ0n) is 18.3. The van der Waals surface area contributed by atoms with E-state index in [-0.39, 0.29) is 43.3 Å². The van der Waals surface area contributed by atoms with Crippen LogP contribution in [0, 0.1) is 0 Å². The fraction of sp³-hybridized carbons (Fsp3) is 0.192. The summed E-state index contributed by atoms with van der Waals surface area (Å²) in [6.07, 6.45) is 0.0798. The van der Waals surface area contributed by atoms with Gasteiger partial charge in [0.1, 0.15) is 5.75 Å². The molecule has 0 radical (unpaired) electrons. The molecule has 4 rings (SSSR count). The molecule has 1 atom stereocenters. The number of ether oxygens (including phenoxy) is 1. The van der Waals surface area contributed by atoms with Gasteiger partial charge in [0.05, 0.1) is 23.0 Å². The first-order chi connectivity index (χ1) is 16.0. The molecule has 168 valence electrons. The molecule has 0 spiro atoms. The topological polar surface area (TPSA) is 87.7 Å². The Morgan fingerprint density at radius 2 is 1.67 bits per heavy atom. The molecule has 0 fully saturated rings. The molecule has 0 saturated carbocycles. The standard InChI is InChI=1S/C26H25N3O4/c1-18(19-9-3-2-4-10-19)27-26(32)20-11-5-6-12-21(20)28-24(30)15-16-29-22-13-7-8-14-23(22)33-17-25(29)31/h2-14,18H,15-17H2,1H3,(H,27,32)(H,28,30). The SMILES string of the molecule is CC(NC(=O)c1ccccc1NC(=O)CCN1C(=O)COc2ccccc21)c1ccccc1. The summed E-state index contributed by atoms with van der Waals surface area (Å²) in [5.41, 5.74) is 2.44. The summed E-state index contributed by atoms with van der Waals surface area (Å²) in [5, 5.41) is 5.78. The predicted molar refractivity (Wildman–Crippen MR) is 126 cm³/mol. The van der Waals surface area contributed by atoms with Crippen LogP contribution in [0.4, 0.5) is 11.4 Å². The summed E-state index contributed by atoms with van der Waals surface area (Å²) < 4.78 is 5.44. The van der Waals surface area contributed by atoms with E-state index in [4.69, 9.17) is 4.74 Å². The van der Waals surface area contributed by atoms with E-state index in [9.17, 15) is 14.4 Å². The molecule has 0 saturated heterocycles. The van der Waals surface area contributed by atoms with Gasteiger partial charge in [0.15, 0.2) is 6.61 Å². The molecule has 3 aromatic rings. The van der Waals surface area contributed by atoms with Gasteiger partial charge in [-0.25, -0.2) is 0 Å². The van der Waals surface area contributed by atoms with Crippen molar-refractivity contribution in [2.24, 2.45) is 0 Å². The van der Waals surface area contributed by atoms with E-state index in [1.165, 1.54) is 0 Å². The van der Waals surface area contributed by atoms with Crippen LogP contribution < -0.4 is 20.3 Å². The smallest absolute Gasteiger partial charge is 0.265 e. The molecule has 0 aromatic heterocycles. The van der Waals surface area contributed by atoms with Crippen LogP contribution in [0.15, 0.2) is 78.9 Å². The van der Waals surface area contributed by atoms with Crippen molar-refractivity contribution in [2.45, 2.75) is 19.4 Å². The lowest BCUT2D eigenvalue weighted by Crippen LogP contribution is -2.40. The lowest BCUT2D eigenvalue weighted by atomic mass is 10.1. The Morgan fingerprint density at radius 1 is 0.970 bits per heavy atom. The van der Waals surface area contributed by atoms with Gasteiger partial charge in [-0.1, -0.05) is 54.6 Å². The molecule has 7 heteroatoms. The van der Waals surface area contributed by atoms with Gasteiger partial charge in [-0.2, -0.15) is 0 Å². The van der Waals surface area contributed by atoms with E-state index >= 15 is 0 Å². The minimum atomic E-state index is -0.289. The highest BCUT2D eigenvalue weighted by atomic mass is 16.5. The van der Waals surface area contributed by atoms with E-state index < -0.39 is 0 Å². The zero-order chi connectivity index (χ0) is 23.2. The molecule has 33 heavy (non-hydrogen) atoms. The van der Waals surface area contributed by atoms with Crippen molar-refractivity contribution < 1.29 is 19.1 Å². The highest BCUT2D eigenvalue weighted by molar-refractivity contribution is 6.04. The lowest BCUT2D eigenvalue weighted by molar-refractivity contribution is -0.121. The van der Waals surface area contributed by atoms with Crippen molar-refractivity contribution in [2.75, 3.05) is 23.4 Å². The monoisotopic (exact) mass is 443 g/mol. The molecule has 0 aliphatic carbocycles. The van der Waals surface area contributed by atoms with Crippen LogP contribution in [-0.4, -0.2) is 30.9 Å². The Bertz CT molecular complexity index is 1160. The van der Waals surface area contributed by atoms with Gasteiger partial charge in [-0.15, -0.1) is 0 Å². The van der Waals surface area contributed by atoms with Crippen molar-refractivity contribution in [3.63, 3.8) is 0 Å². The average molecular weight is 444 g/mol. The summed E-state index contributed by atoms with van der Waals surface area (Å²) in [4.78, 5) is 39.4. The minimum absolute atomic E-state index is 0.0543. The van der Waals surface area contributed by atoms with Crippen molar-refractivity contribution >= 4 is 29.1 Å². The number of benzene rings is 3. The second kappa shape index (κ2) is 9.99. The van der Waals surface area contributed by atoms with Crippen molar-refractivity contribution in [3.05, 3.63) is 90.0 Å². The summed E-state index contributed by atoms with van der Waals surface area (Å²) >= 11 is 0. The number of nitrogens with one attached hydrogen (secondary N) is 2. The Kier molecular flexibility index (Phi) is 6.69. The summed E-state index contributed by atoms with van der Waals surface area (Å²) in [7, 11) is 0. The number of hydrogen-bond acceptors (Lipinski definition) is 4. The van der Waals surface area contributed by atoms with Gasteiger partial charge in [-0.3, -0.25) is 14.4 Å². The third kappa shape index (κ3) is 5.20. The fourth-order valence-corrected chi connectivity index (χ4v) is 3.71. The Hall–Kier alpha value is -4.13. The molecule has 2 N–H and O–H groups in total.